The van der Waals surface area contributed by atoms with Gasteiger partial charge < -0.3 is 5.32 Å². The van der Waals surface area contributed by atoms with Crippen molar-refractivity contribution in [3.05, 3.63) is 71.7 Å². The van der Waals surface area contributed by atoms with Crippen LogP contribution in [-0.4, -0.2) is 45.7 Å². The van der Waals surface area contributed by atoms with Crippen LogP contribution in [0.4, 0.5) is 17.6 Å². The largest absolute Gasteiger partial charge is 0.451 e. The van der Waals surface area contributed by atoms with E-state index in [-0.39, 0.29) is 40.2 Å². The molecule has 4 heterocycles. The first-order chi connectivity index (χ1) is 18.0. The Morgan fingerprint density at radius 1 is 1.11 bits per heavy atom. The second kappa shape index (κ2) is 9.41. The summed E-state index contributed by atoms with van der Waals surface area (Å²) in [6.07, 6.45) is -0.533. The van der Waals surface area contributed by atoms with E-state index in [9.17, 15) is 36.0 Å². The molecule has 14 heteroatoms. The Morgan fingerprint density at radius 3 is 2.37 bits per heavy atom. The maximum absolute atomic E-state index is 13.3. The number of fused-ring (bicyclic) bond motifs is 1. The molecule has 2 aliphatic heterocycles. The van der Waals surface area contributed by atoms with E-state index in [1.165, 1.54) is 16.6 Å². The Labute approximate surface area is 214 Å². The summed E-state index contributed by atoms with van der Waals surface area (Å²) in [7, 11) is -4.06. The molecule has 3 aromatic rings. The Hall–Kier alpha value is -3.96. The van der Waals surface area contributed by atoms with E-state index in [4.69, 9.17) is 0 Å². The third kappa shape index (κ3) is 4.59. The van der Waals surface area contributed by atoms with Gasteiger partial charge in [-0.2, -0.15) is 22.7 Å². The van der Waals surface area contributed by atoms with Gasteiger partial charge in [0.25, 0.3) is 0 Å². The van der Waals surface area contributed by atoms with Crippen molar-refractivity contribution in [2.24, 2.45) is 5.92 Å². The minimum atomic E-state index is -4.70. The molecule has 6 rings (SSSR count). The van der Waals surface area contributed by atoms with Crippen LogP contribution < -0.4 is 5.32 Å². The van der Waals surface area contributed by atoms with Gasteiger partial charge in [-0.15, -0.1) is 0 Å². The number of amides is 1. The van der Waals surface area contributed by atoms with Crippen molar-refractivity contribution in [3.8, 4) is 17.3 Å². The number of nitrogens with one attached hydrogen (secondary N) is 1. The summed E-state index contributed by atoms with van der Waals surface area (Å²) in [5.74, 6) is -2.63. The summed E-state index contributed by atoms with van der Waals surface area (Å²) >= 11 is 0. The number of aromatic nitrogens is 3. The molecule has 1 saturated carbocycles. The molecule has 1 aliphatic carbocycles. The first-order valence-corrected chi connectivity index (χ1v) is 12.8. The molecule has 1 amide bonds. The molecular formula is C24H18F4N6O3S. The van der Waals surface area contributed by atoms with Crippen molar-refractivity contribution in [2.45, 2.75) is 42.5 Å². The predicted molar refractivity (Wildman–Crippen MR) is 123 cm³/mol. The van der Waals surface area contributed by atoms with Crippen LogP contribution in [-0.2, 0) is 27.5 Å². The first kappa shape index (κ1) is 25.7. The van der Waals surface area contributed by atoms with Gasteiger partial charge in [0, 0.05) is 36.7 Å². The Balaban J connectivity index is 1.35. The minimum absolute atomic E-state index is 0.117. The fourth-order valence-electron chi connectivity index (χ4n) is 4.73. The quantitative estimate of drug-likeness (QED) is 0.471. The van der Waals surface area contributed by atoms with Crippen LogP contribution in [0.25, 0.3) is 11.3 Å². The molecule has 2 saturated heterocycles. The Morgan fingerprint density at radius 2 is 1.76 bits per heavy atom. The molecule has 3 aliphatic rings. The highest BCUT2D eigenvalue weighted by Gasteiger charge is 2.58. The number of carbonyl (C=O) groups excluding carboxylic acids is 1. The Kier molecular flexibility index (Phi) is 6.36. The van der Waals surface area contributed by atoms with Gasteiger partial charge in [-0.25, -0.2) is 22.8 Å². The van der Waals surface area contributed by atoms with Gasteiger partial charge in [0.1, 0.15) is 17.9 Å². The molecule has 196 valence electrons. The van der Waals surface area contributed by atoms with E-state index in [1.807, 2.05) is 6.07 Å². The highest BCUT2D eigenvalue weighted by atomic mass is 32.2. The average molecular weight is 547 g/mol. The van der Waals surface area contributed by atoms with E-state index in [2.05, 4.69) is 20.3 Å². The molecule has 0 unspecified atom stereocenters. The highest BCUT2D eigenvalue weighted by Crippen LogP contribution is 2.48. The lowest BCUT2D eigenvalue weighted by molar-refractivity contribution is -0.145. The van der Waals surface area contributed by atoms with E-state index in [0.29, 0.717) is 18.4 Å². The molecule has 1 N–H and O–H groups in total. The van der Waals surface area contributed by atoms with E-state index in [0.717, 1.165) is 36.7 Å². The van der Waals surface area contributed by atoms with Crippen molar-refractivity contribution in [1.29, 1.82) is 5.26 Å². The average Bonchev–Trinajstić information content (AvgIpc) is 3.45. The number of alkyl halides is 3. The smallest absolute Gasteiger partial charge is 0.351 e. The number of nitrogens with zero attached hydrogens (tertiary/aromatic N) is 5. The minimum Gasteiger partial charge on any atom is -0.351 e. The van der Waals surface area contributed by atoms with Gasteiger partial charge >= 0.3 is 6.18 Å². The summed E-state index contributed by atoms with van der Waals surface area (Å²) in [5.41, 5.74) is 0.797. The molecule has 2 bridgehead atoms. The summed E-state index contributed by atoms with van der Waals surface area (Å²) < 4.78 is 79.3. The number of nitriles is 1. The van der Waals surface area contributed by atoms with Gasteiger partial charge in [0.2, 0.25) is 21.8 Å². The summed E-state index contributed by atoms with van der Waals surface area (Å²) in [4.78, 5) is 23.7. The summed E-state index contributed by atoms with van der Waals surface area (Å²) in [6, 6.07) is 6.43. The summed E-state index contributed by atoms with van der Waals surface area (Å²) in [6.45, 7) is -0.156. The molecule has 38 heavy (non-hydrogen) atoms. The van der Waals surface area contributed by atoms with Gasteiger partial charge in [0.15, 0.2) is 0 Å². The van der Waals surface area contributed by atoms with E-state index in [1.54, 1.807) is 0 Å². The van der Waals surface area contributed by atoms with Crippen molar-refractivity contribution >= 4 is 15.9 Å². The number of rotatable bonds is 6. The second-order valence-corrected chi connectivity index (χ2v) is 10.8. The standard InChI is InChI=1S/C24H18F4N6O3S/c25-17-1-3-19(4-2-17)38(36,37)34-18-5-13(6-18)21(34)22(35)31-9-14-7-20(30-10-15(14)8-29)16-11-32-23(33-12-16)24(26,27)28/h1-4,7,10-13,18,21H,5-6,9H2,(H,31,35)/t13?,18?,21-/m0/s1. The number of hydrogen-bond donors (Lipinski definition) is 1. The highest BCUT2D eigenvalue weighted by molar-refractivity contribution is 7.89. The fraction of sp³-hybridized carbons (Fsp3) is 0.292. The van der Waals surface area contributed by atoms with Crippen LogP contribution in [0.2, 0.25) is 0 Å². The van der Waals surface area contributed by atoms with Crippen molar-refractivity contribution in [2.75, 3.05) is 0 Å². The zero-order chi connectivity index (χ0) is 27.2. The van der Waals surface area contributed by atoms with Gasteiger partial charge in [-0.1, -0.05) is 0 Å². The maximum Gasteiger partial charge on any atom is 0.451 e. The first-order valence-electron chi connectivity index (χ1n) is 11.3. The molecule has 0 radical (unpaired) electrons. The second-order valence-electron chi connectivity index (χ2n) is 8.97. The number of carbonyl (C=O) groups is 1. The molecule has 1 aromatic carbocycles. The zero-order valence-corrected chi connectivity index (χ0v) is 20.2. The van der Waals surface area contributed by atoms with E-state index < -0.39 is 39.8 Å². The third-order valence-corrected chi connectivity index (χ3v) is 8.60. The number of pyridine rings is 1. The molecule has 3 fully saturated rings. The van der Waals surface area contributed by atoms with Crippen molar-refractivity contribution in [1.82, 2.24) is 24.6 Å². The normalized spacial score (nSPS) is 21.0. The Bertz CT molecular complexity index is 1530. The lowest BCUT2D eigenvalue weighted by Crippen LogP contribution is -2.46. The van der Waals surface area contributed by atoms with Crippen LogP contribution >= 0.6 is 0 Å². The lowest BCUT2D eigenvalue weighted by Gasteiger charge is -2.25. The van der Waals surface area contributed by atoms with Crippen molar-refractivity contribution in [3.63, 3.8) is 0 Å². The summed E-state index contributed by atoms with van der Waals surface area (Å²) in [5, 5.41) is 12.1. The van der Waals surface area contributed by atoms with E-state index >= 15 is 0 Å². The number of halogens is 4. The topological polar surface area (TPSA) is 129 Å². The molecule has 1 atom stereocenters. The number of sulfonamides is 1. The third-order valence-electron chi connectivity index (χ3n) is 6.65. The number of benzene rings is 1. The SMILES string of the molecule is N#Cc1cnc(-c2cnc(C(F)(F)F)nc2)cc1CNC(=O)[C@@H]1C2CC(C2)N1S(=O)(=O)c1ccc(F)cc1. The maximum atomic E-state index is 13.3. The van der Waals surface area contributed by atoms with Gasteiger partial charge in [0.05, 0.1) is 16.2 Å². The lowest BCUT2D eigenvalue weighted by atomic mass is 9.83. The van der Waals surface area contributed by atoms with Crippen LogP contribution in [0.15, 0.2) is 53.8 Å². The zero-order valence-electron chi connectivity index (χ0n) is 19.4. The fourth-order valence-corrected chi connectivity index (χ4v) is 6.58. The van der Waals surface area contributed by atoms with Crippen molar-refractivity contribution < 1.29 is 30.8 Å². The van der Waals surface area contributed by atoms with Gasteiger partial charge in [-0.05, 0) is 54.7 Å². The molecule has 9 nitrogen and oxygen atoms in total. The predicted octanol–water partition coefficient (Wildman–Crippen LogP) is 3.04. The van der Waals surface area contributed by atoms with Gasteiger partial charge in [-0.3, -0.25) is 9.78 Å². The molecule has 0 spiro atoms. The molecular weight excluding hydrogens is 528 g/mol. The molecule has 2 aromatic heterocycles. The van der Waals surface area contributed by atoms with Crippen LogP contribution in [0, 0.1) is 23.1 Å². The number of hydrogen-bond acceptors (Lipinski definition) is 7. The van der Waals surface area contributed by atoms with Crippen LogP contribution in [0.1, 0.15) is 29.8 Å². The monoisotopic (exact) mass is 546 g/mol. The van der Waals surface area contributed by atoms with Crippen LogP contribution in [0.3, 0.4) is 0 Å². The van der Waals surface area contributed by atoms with Crippen LogP contribution in [0.5, 0.6) is 0 Å².